The van der Waals surface area contributed by atoms with Gasteiger partial charge in [-0.2, -0.15) is 0 Å². The molecule has 0 amide bonds. The van der Waals surface area contributed by atoms with E-state index in [0.717, 1.165) is 49.8 Å². The Morgan fingerprint density at radius 2 is 1.00 bits per heavy atom. The van der Waals surface area contributed by atoms with Gasteiger partial charge in [-0.3, -0.25) is 0 Å². The number of nitrogens with zero attached hydrogens (tertiary/aromatic N) is 1. The standard InChI is InChI=1S/C42H27NO/c1-4-16-33-28(11-1)14-9-20-34(33)30-23-25-32(26-24-30)43(38-21-10-15-29-12-2-5-17-35(29)38)39-27-31-13-3-6-18-36(31)42-41(39)37-19-7-8-22-40(37)44-42/h1-27H. The predicted molar refractivity (Wildman–Crippen MR) is 186 cm³/mol. The Morgan fingerprint density at radius 1 is 0.409 bits per heavy atom. The molecular weight excluding hydrogens is 534 g/mol. The summed E-state index contributed by atoms with van der Waals surface area (Å²) in [5.74, 6) is 0. The highest BCUT2D eigenvalue weighted by Gasteiger charge is 2.23. The Bertz CT molecular complexity index is 2490. The molecule has 9 aromatic rings. The maximum atomic E-state index is 6.61. The third-order valence-corrected chi connectivity index (χ3v) is 8.82. The van der Waals surface area contributed by atoms with Gasteiger partial charge < -0.3 is 9.32 Å². The van der Waals surface area contributed by atoms with Crippen LogP contribution in [0.4, 0.5) is 17.1 Å². The van der Waals surface area contributed by atoms with Crippen LogP contribution in [-0.2, 0) is 0 Å². The van der Waals surface area contributed by atoms with E-state index in [0.29, 0.717) is 0 Å². The zero-order valence-corrected chi connectivity index (χ0v) is 23.9. The summed E-state index contributed by atoms with van der Waals surface area (Å²) in [6.45, 7) is 0. The molecule has 0 atom stereocenters. The van der Waals surface area contributed by atoms with Gasteiger partial charge in [0.25, 0.3) is 0 Å². The molecule has 0 aliphatic rings. The van der Waals surface area contributed by atoms with Crippen LogP contribution in [0.5, 0.6) is 0 Å². The predicted octanol–water partition coefficient (Wildman–Crippen LogP) is 12.2. The molecular formula is C42H27NO. The van der Waals surface area contributed by atoms with Gasteiger partial charge in [0, 0.05) is 21.8 Å². The first-order chi connectivity index (χ1) is 21.8. The van der Waals surface area contributed by atoms with Gasteiger partial charge in [-0.05, 0) is 63.0 Å². The average molecular weight is 562 g/mol. The molecule has 0 spiro atoms. The van der Waals surface area contributed by atoms with Crippen molar-refractivity contribution in [1.29, 1.82) is 0 Å². The van der Waals surface area contributed by atoms with Gasteiger partial charge in [0.1, 0.15) is 11.2 Å². The third-order valence-electron chi connectivity index (χ3n) is 8.82. The topological polar surface area (TPSA) is 16.4 Å². The van der Waals surface area contributed by atoms with Crippen molar-refractivity contribution in [1.82, 2.24) is 0 Å². The van der Waals surface area contributed by atoms with Gasteiger partial charge in [-0.15, -0.1) is 0 Å². The Morgan fingerprint density at radius 3 is 1.80 bits per heavy atom. The second-order valence-corrected chi connectivity index (χ2v) is 11.3. The molecule has 8 aromatic carbocycles. The van der Waals surface area contributed by atoms with Crippen LogP contribution in [0.15, 0.2) is 168 Å². The summed E-state index contributed by atoms with van der Waals surface area (Å²) in [7, 11) is 0. The largest absolute Gasteiger partial charge is 0.455 e. The Labute approximate surface area is 255 Å². The van der Waals surface area contributed by atoms with E-state index < -0.39 is 0 Å². The van der Waals surface area contributed by atoms with Gasteiger partial charge in [-0.25, -0.2) is 0 Å². The van der Waals surface area contributed by atoms with Crippen molar-refractivity contribution in [2.24, 2.45) is 0 Å². The van der Waals surface area contributed by atoms with Crippen molar-refractivity contribution in [2.75, 3.05) is 4.90 Å². The van der Waals surface area contributed by atoms with Crippen molar-refractivity contribution >= 4 is 71.3 Å². The van der Waals surface area contributed by atoms with Crippen molar-refractivity contribution in [3.05, 3.63) is 164 Å². The first kappa shape index (κ1) is 24.7. The smallest absolute Gasteiger partial charge is 0.145 e. The van der Waals surface area contributed by atoms with E-state index in [1.807, 2.05) is 6.07 Å². The van der Waals surface area contributed by atoms with E-state index in [1.165, 1.54) is 32.7 Å². The van der Waals surface area contributed by atoms with Crippen LogP contribution < -0.4 is 4.90 Å². The van der Waals surface area contributed by atoms with Crippen LogP contribution in [0.1, 0.15) is 0 Å². The summed E-state index contributed by atoms with van der Waals surface area (Å²) in [6.07, 6.45) is 0. The zero-order valence-electron chi connectivity index (χ0n) is 23.9. The molecule has 2 nitrogen and oxygen atoms in total. The Kier molecular flexibility index (Phi) is 5.54. The minimum atomic E-state index is 0.893. The molecule has 0 unspecified atom stereocenters. The molecule has 0 saturated heterocycles. The number of benzene rings is 8. The maximum Gasteiger partial charge on any atom is 0.145 e. The van der Waals surface area contributed by atoms with E-state index in [2.05, 4.69) is 163 Å². The average Bonchev–Trinajstić information content (AvgIpc) is 3.49. The molecule has 9 rings (SSSR count). The Hall–Kier alpha value is -5.86. The number of furan rings is 1. The number of hydrogen-bond donors (Lipinski definition) is 0. The van der Waals surface area contributed by atoms with Crippen molar-refractivity contribution in [3.8, 4) is 11.1 Å². The molecule has 0 saturated carbocycles. The summed E-state index contributed by atoms with van der Waals surface area (Å²) in [4.78, 5) is 2.41. The van der Waals surface area contributed by atoms with Crippen molar-refractivity contribution < 1.29 is 4.42 Å². The molecule has 0 fully saturated rings. The van der Waals surface area contributed by atoms with Crippen molar-refractivity contribution in [2.45, 2.75) is 0 Å². The highest BCUT2D eigenvalue weighted by atomic mass is 16.3. The molecule has 0 bridgehead atoms. The fraction of sp³-hybridized carbons (Fsp3) is 0. The van der Waals surface area contributed by atoms with E-state index in [9.17, 15) is 0 Å². The van der Waals surface area contributed by atoms with Crippen LogP contribution in [0.3, 0.4) is 0 Å². The van der Waals surface area contributed by atoms with E-state index >= 15 is 0 Å². The second-order valence-electron chi connectivity index (χ2n) is 11.3. The Balaban J connectivity index is 1.34. The first-order valence-electron chi connectivity index (χ1n) is 15.0. The van der Waals surface area contributed by atoms with E-state index in [4.69, 9.17) is 4.42 Å². The van der Waals surface area contributed by atoms with Gasteiger partial charge in [0.15, 0.2) is 0 Å². The molecule has 2 heteroatoms. The molecule has 206 valence electrons. The lowest BCUT2D eigenvalue weighted by Crippen LogP contribution is -2.11. The van der Waals surface area contributed by atoms with Gasteiger partial charge in [0.2, 0.25) is 0 Å². The normalized spacial score (nSPS) is 11.6. The molecule has 1 aromatic heterocycles. The molecule has 0 radical (unpaired) electrons. The maximum absolute atomic E-state index is 6.61. The number of para-hydroxylation sites is 1. The van der Waals surface area contributed by atoms with Crippen LogP contribution in [0, 0.1) is 0 Å². The summed E-state index contributed by atoms with van der Waals surface area (Å²) >= 11 is 0. The highest BCUT2D eigenvalue weighted by Crippen LogP contribution is 2.47. The van der Waals surface area contributed by atoms with E-state index in [1.54, 1.807) is 0 Å². The van der Waals surface area contributed by atoms with Crippen LogP contribution >= 0.6 is 0 Å². The summed E-state index contributed by atoms with van der Waals surface area (Å²) in [5, 5.41) is 9.40. The number of hydrogen-bond acceptors (Lipinski definition) is 2. The minimum absolute atomic E-state index is 0.893. The van der Waals surface area contributed by atoms with Crippen LogP contribution in [0.25, 0.3) is 65.4 Å². The third kappa shape index (κ3) is 3.82. The quantitative estimate of drug-likeness (QED) is 0.212. The summed E-state index contributed by atoms with van der Waals surface area (Å²) < 4.78 is 6.61. The summed E-state index contributed by atoms with van der Waals surface area (Å²) in [5.41, 5.74) is 7.55. The first-order valence-corrected chi connectivity index (χ1v) is 15.0. The SMILES string of the molecule is c1ccc2c(-c3ccc(N(c4cccc5ccccc45)c4cc5ccccc5c5oc6ccccc6c45)cc3)cccc2c1. The fourth-order valence-corrected chi connectivity index (χ4v) is 6.79. The van der Waals surface area contributed by atoms with Gasteiger partial charge in [-0.1, -0.05) is 133 Å². The van der Waals surface area contributed by atoms with Gasteiger partial charge in [0.05, 0.1) is 16.8 Å². The van der Waals surface area contributed by atoms with E-state index in [-0.39, 0.29) is 0 Å². The number of anilines is 3. The lowest BCUT2D eigenvalue weighted by molar-refractivity contribution is 0.672. The van der Waals surface area contributed by atoms with Crippen LogP contribution in [0.2, 0.25) is 0 Å². The summed E-state index contributed by atoms with van der Waals surface area (Å²) in [6, 6.07) is 58.5. The van der Waals surface area contributed by atoms with Gasteiger partial charge >= 0.3 is 0 Å². The molecule has 44 heavy (non-hydrogen) atoms. The minimum Gasteiger partial charge on any atom is -0.455 e. The fourth-order valence-electron chi connectivity index (χ4n) is 6.79. The second kappa shape index (κ2) is 9.86. The monoisotopic (exact) mass is 561 g/mol. The zero-order chi connectivity index (χ0) is 29.0. The lowest BCUT2D eigenvalue weighted by atomic mass is 9.97. The molecule has 0 aliphatic carbocycles. The number of rotatable bonds is 4. The molecule has 0 N–H and O–H groups in total. The van der Waals surface area contributed by atoms with Crippen molar-refractivity contribution in [3.63, 3.8) is 0 Å². The lowest BCUT2D eigenvalue weighted by Gasteiger charge is -2.28. The highest BCUT2D eigenvalue weighted by molar-refractivity contribution is 6.22. The van der Waals surface area contributed by atoms with Crippen LogP contribution in [-0.4, -0.2) is 0 Å². The number of fused-ring (bicyclic) bond motifs is 7. The molecule has 0 aliphatic heterocycles. The molecule has 1 heterocycles.